The van der Waals surface area contributed by atoms with Crippen LogP contribution < -0.4 is 23.7 Å². The van der Waals surface area contributed by atoms with E-state index in [0.29, 0.717) is 5.56 Å². The summed E-state index contributed by atoms with van der Waals surface area (Å²) >= 11 is 0. The van der Waals surface area contributed by atoms with Gasteiger partial charge in [0.05, 0.1) is 45.7 Å². The maximum Gasteiger partial charge on any atom is 0.402 e. The third-order valence-electron chi connectivity index (χ3n) is 14.7. The highest BCUT2D eigenvalue weighted by atomic mass is 16.8. The molecular formula is C58H65O31+. The first-order valence-electron chi connectivity index (χ1n) is 27.2. The number of benzene rings is 4. The van der Waals surface area contributed by atoms with Crippen LogP contribution in [-0.2, 0) is 42.7 Å². The zero-order chi connectivity index (χ0) is 64.1. The van der Waals surface area contributed by atoms with Crippen LogP contribution in [0.3, 0.4) is 0 Å². The van der Waals surface area contributed by atoms with Crippen LogP contribution in [-0.4, -0.2) is 251 Å². The van der Waals surface area contributed by atoms with Crippen molar-refractivity contribution in [3.8, 4) is 63.1 Å². The number of hydrogen-bond donors (Lipinski definition) is 16. The second-order valence-electron chi connectivity index (χ2n) is 20.7. The topological polar surface area (TPSA) is 480 Å². The molecule has 0 spiro atoms. The fraction of sp³-hybridized carbons (Fsp3) is 0.431. The SMILES string of the molecule is COc1cc(C=CC(=O)O[C@H]2[C@H](O[C@H]3[C@H](Oc4cc5c(O[C@@H]6O[C@H](CO)[C@@H](O)[C@H](O)[C@H]6O)cc(O)cc5[o+]c4-c4ccc(O)c(O)c4)O[C@H](COC(=O)/C=C/c4ccc(O[C@@H]5O[C@H](CO)[C@@H](O)[C@H](O)[C@H]5O)cc4)[C@@H](O)[C@@H]3O)OC[C@@H](O)[C@@H]2O)cc(OC)c1O. The van der Waals surface area contributed by atoms with Crippen LogP contribution in [0.25, 0.3) is 34.4 Å². The van der Waals surface area contributed by atoms with Gasteiger partial charge in [0.15, 0.2) is 41.5 Å². The lowest BCUT2D eigenvalue weighted by atomic mass is 9.98. The summed E-state index contributed by atoms with van der Waals surface area (Å²) in [6, 6.07) is 15.1. The summed E-state index contributed by atoms with van der Waals surface area (Å²) in [7, 11) is 2.55. The number of aliphatic hydroxyl groups excluding tert-OH is 12. The van der Waals surface area contributed by atoms with Crippen LogP contribution in [0.1, 0.15) is 11.1 Å². The Balaban J connectivity index is 1.02. The Morgan fingerprint density at radius 2 is 1.13 bits per heavy atom. The van der Waals surface area contributed by atoms with Crippen LogP contribution in [0, 0.1) is 0 Å². The molecule has 0 aliphatic carbocycles. The minimum Gasteiger partial charge on any atom is -0.507 e. The number of rotatable bonds is 20. The Morgan fingerprint density at radius 3 is 1.75 bits per heavy atom. The number of aliphatic hydroxyl groups is 12. The molecule has 19 atom stereocenters. The second-order valence-corrected chi connectivity index (χ2v) is 20.7. The third kappa shape index (κ3) is 14.6. The van der Waals surface area contributed by atoms with Crippen molar-refractivity contribution in [2.45, 2.75) is 117 Å². The van der Waals surface area contributed by atoms with Crippen molar-refractivity contribution >= 4 is 35.1 Å². The summed E-state index contributed by atoms with van der Waals surface area (Å²) in [6.45, 7) is -3.03. The van der Waals surface area contributed by atoms with Gasteiger partial charge in [-0.25, -0.2) is 14.0 Å². The van der Waals surface area contributed by atoms with Crippen molar-refractivity contribution in [2.75, 3.05) is 40.6 Å². The van der Waals surface area contributed by atoms with E-state index in [-0.39, 0.29) is 56.6 Å². The van der Waals surface area contributed by atoms with Gasteiger partial charge in [0.25, 0.3) is 0 Å². The molecule has 9 rings (SSSR count). The molecule has 89 heavy (non-hydrogen) atoms. The van der Waals surface area contributed by atoms with Gasteiger partial charge in [0.1, 0.15) is 109 Å². The highest BCUT2D eigenvalue weighted by molar-refractivity contribution is 5.90. The maximum absolute atomic E-state index is 13.5. The van der Waals surface area contributed by atoms with Crippen molar-refractivity contribution in [1.29, 1.82) is 0 Å². The van der Waals surface area contributed by atoms with Gasteiger partial charge >= 0.3 is 23.3 Å². The lowest BCUT2D eigenvalue weighted by Gasteiger charge is -2.45. The zero-order valence-electron chi connectivity index (χ0n) is 46.8. The lowest BCUT2D eigenvalue weighted by Crippen LogP contribution is -2.64. The molecule has 4 fully saturated rings. The molecule has 1 aromatic heterocycles. The molecule has 0 saturated carbocycles. The van der Waals surface area contributed by atoms with Crippen LogP contribution in [0.15, 0.2) is 89.4 Å². The van der Waals surface area contributed by atoms with E-state index in [4.69, 9.17) is 61.3 Å². The van der Waals surface area contributed by atoms with Crippen LogP contribution in [0.2, 0.25) is 0 Å². The van der Waals surface area contributed by atoms with Crippen LogP contribution in [0.4, 0.5) is 0 Å². The molecular weight excluding hydrogens is 1190 g/mol. The number of aromatic hydroxyl groups is 4. The van der Waals surface area contributed by atoms with Crippen molar-refractivity contribution in [1.82, 2.24) is 0 Å². The molecule has 31 heteroatoms. The van der Waals surface area contributed by atoms with E-state index in [9.17, 15) is 91.3 Å². The quantitative estimate of drug-likeness (QED) is 0.0169. The predicted molar refractivity (Wildman–Crippen MR) is 294 cm³/mol. The summed E-state index contributed by atoms with van der Waals surface area (Å²) in [5, 5.41) is 170. The number of phenolic OH excluding ortho intramolecular Hbond substituents is 4. The van der Waals surface area contributed by atoms with E-state index >= 15 is 0 Å². The Bertz CT molecular complexity index is 3300. The molecule has 5 heterocycles. The zero-order valence-corrected chi connectivity index (χ0v) is 46.8. The predicted octanol–water partition coefficient (Wildman–Crippen LogP) is -2.25. The number of carbonyl (C=O) groups is 2. The van der Waals surface area contributed by atoms with E-state index < -0.39 is 178 Å². The normalized spacial score (nSPS) is 31.5. The Kier molecular flexibility index (Phi) is 20.9. The summed E-state index contributed by atoms with van der Waals surface area (Å²) in [4.78, 5) is 26.8. The van der Waals surface area contributed by atoms with E-state index in [1.165, 1.54) is 74.9 Å². The summed E-state index contributed by atoms with van der Waals surface area (Å²) in [5.74, 6) is -5.41. The van der Waals surface area contributed by atoms with Crippen molar-refractivity contribution in [3.63, 3.8) is 0 Å². The fourth-order valence-electron chi connectivity index (χ4n) is 9.76. The van der Waals surface area contributed by atoms with Gasteiger partial charge in [-0.2, -0.15) is 0 Å². The van der Waals surface area contributed by atoms with Gasteiger partial charge in [0.2, 0.25) is 30.4 Å². The largest absolute Gasteiger partial charge is 0.507 e. The smallest absolute Gasteiger partial charge is 0.402 e. The molecule has 4 aliphatic rings. The van der Waals surface area contributed by atoms with Gasteiger partial charge in [-0.3, -0.25) is 0 Å². The van der Waals surface area contributed by atoms with Gasteiger partial charge in [-0.15, -0.1) is 0 Å². The molecule has 16 N–H and O–H groups in total. The number of fused-ring (bicyclic) bond motifs is 1. The highest BCUT2D eigenvalue weighted by Crippen LogP contribution is 2.44. The molecule has 4 aliphatic heterocycles. The first kappa shape index (κ1) is 65.7. The monoisotopic (exact) mass is 1260 g/mol. The average molecular weight is 1260 g/mol. The van der Waals surface area contributed by atoms with Crippen molar-refractivity contribution in [2.24, 2.45) is 0 Å². The number of methoxy groups -OCH3 is 2. The summed E-state index contributed by atoms with van der Waals surface area (Å²) < 4.78 is 74.7. The van der Waals surface area contributed by atoms with Crippen LogP contribution in [0.5, 0.6) is 51.7 Å². The van der Waals surface area contributed by atoms with Gasteiger partial charge < -0.3 is 139 Å². The summed E-state index contributed by atoms with van der Waals surface area (Å²) in [6.07, 6.45) is -29.9. The average Bonchev–Trinajstić information content (AvgIpc) is 1.14. The molecule has 0 unspecified atom stereocenters. The van der Waals surface area contributed by atoms with E-state index in [0.717, 1.165) is 36.4 Å². The van der Waals surface area contributed by atoms with E-state index in [1.807, 2.05) is 0 Å². The Labute approximate surface area is 502 Å². The standard InChI is InChI=1S/C58H64O31/c1-77-34-13-24(14-35(78-2)43(34)68)6-12-41(66)88-53-42(67)31(64)21-80-57(53)89-54-49(74)46(71)39(22-79-40(65)11-5-23-3-8-27(9-4-23)81-55-50(75)47(72)44(69)37(19-59)85-55)87-58(54)84-36-18-28-32(82-52(36)25-7-10-29(62)30(63)15-25)16-26(61)17-33(28)83-56-51(76)48(73)45(70)38(20-60)86-56/h3-18,31,37-39,42,44-51,53-60,64,67,69-76H,19-22H2,1-2H3,(H3-,61,62,63,66,68)/p+1/b11-5+/t31-,37-,38-,39-,42+,44-,45-,46-,47+,48+,49+,50-,51-,53-,54-,55-,56-,57+,58-/m1/s1. The van der Waals surface area contributed by atoms with Gasteiger partial charge in [0, 0.05) is 30.4 Å². The van der Waals surface area contributed by atoms with Crippen molar-refractivity contribution < 1.29 is 153 Å². The lowest BCUT2D eigenvalue weighted by molar-refractivity contribution is -0.345. The van der Waals surface area contributed by atoms with Crippen LogP contribution >= 0.6 is 0 Å². The summed E-state index contributed by atoms with van der Waals surface area (Å²) in [5.41, 5.74) is 0.360. The maximum atomic E-state index is 13.5. The van der Waals surface area contributed by atoms with E-state index in [2.05, 4.69) is 0 Å². The highest BCUT2D eigenvalue weighted by Gasteiger charge is 2.53. The minimum atomic E-state index is -2.18. The first-order valence-corrected chi connectivity index (χ1v) is 27.2. The number of ether oxygens (including phenoxy) is 12. The molecule has 31 nitrogen and oxygen atoms in total. The Hall–Kier alpha value is -7.77. The third-order valence-corrected chi connectivity index (χ3v) is 14.7. The number of hydrogen-bond acceptors (Lipinski definition) is 30. The molecule has 0 bridgehead atoms. The van der Waals surface area contributed by atoms with E-state index in [1.54, 1.807) is 0 Å². The second kappa shape index (κ2) is 28.4. The molecule has 482 valence electrons. The molecule has 4 saturated heterocycles. The molecule has 0 amide bonds. The number of carbonyl (C=O) groups excluding carboxylic acids is 2. The molecule has 0 radical (unpaired) electrons. The molecule has 4 aromatic carbocycles. The van der Waals surface area contributed by atoms with Gasteiger partial charge in [-0.05, 0) is 59.7 Å². The minimum absolute atomic E-state index is 0.0204. The number of esters is 2. The van der Waals surface area contributed by atoms with Gasteiger partial charge in [-0.1, -0.05) is 12.1 Å². The first-order chi connectivity index (χ1) is 42.5. The molecule has 5 aromatic rings. The number of phenols is 4. The Morgan fingerprint density at radius 1 is 0.551 bits per heavy atom. The fourth-order valence-corrected chi connectivity index (χ4v) is 9.76. The van der Waals surface area contributed by atoms with Crippen molar-refractivity contribution in [3.05, 3.63) is 96.1 Å².